The molecule has 162 valence electrons. The quantitative estimate of drug-likeness (QED) is 0.295. The zero-order valence-electron chi connectivity index (χ0n) is 18.4. The lowest BCUT2D eigenvalue weighted by Gasteiger charge is -2.11. The van der Waals surface area contributed by atoms with E-state index in [1.165, 1.54) is 11.1 Å². The first-order valence-corrected chi connectivity index (χ1v) is 11.2. The number of amides is 1. The van der Waals surface area contributed by atoms with Crippen LogP contribution in [-0.2, 0) is 17.8 Å². The third-order valence-corrected chi connectivity index (χ3v) is 5.86. The zero-order valence-corrected chi connectivity index (χ0v) is 20.0. The number of aryl methyl sites for hydroxylation is 3. The van der Waals surface area contributed by atoms with E-state index >= 15 is 0 Å². The molecule has 32 heavy (non-hydrogen) atoms. The lowest BCUT2D eigenvalue weighted by atomic mass is 10.1. The summed E-state index contributed by atoms with van der Waals surface area (Å²) in [5.74, 6) is 0.264. The Morgan fingerprint density at radius 3 is 2.56 bits per heavy atom. The number of hydrogen-bond acceptors (Lipinski definition) is 3. The Labute approximate surface area is 197 Å². The van der Waals surface area contributed by atoms with E-state index in [0.717, 1.165) is 33.3 Å². The van der Waals surface area contributed by atoms with Crippen LogP contribution in [-0.4, -0.2) is 5.91 Å². The number of rotatable bonds is 7. The van der Waals surface area contributed by atoms with Crippen LogP contribution in [0.4, 0.5) is 5.69 Å². The van der Waals surface area contributed by atoms with Crippen molar-refractivity contribution in [3.05, 3.63) is 98.5 Å². The molecule has 0 aromatic heterocycles. The average molecular weight is 489 g/mol. The van der Waals surface area contributed by atoms with Gasteiger partial charge in [-0.15, -0.1) is 0 Å². The molecule has 0 fully saturated rings. The first-order valence-electron chi connectivity index (χ1n) is 10.4. The standard InChI is InChI=1S/C27H25BrN2O2/c1-4-22-7-5-6-8-25(22)30-27(31)23(16-29)14-20-11-12-26(24(28)15-20)32-17-21-10-9-18(2)19(3)13-21/h5-15H,4,17H2,1-3H3,(H,30,31)/b23-14+. The molecule has 0 saturated carbocycles. The average Bonchev–Trinajstić information content (AvgIpc) is 2.79. The number of ether oxygens (including phenoxy) is 1. The van der Waals surface area contributed by atoms with Gasteiger partial charge >= 0.3 is 0 Å². The van der Waals surface area contributed by atoms with Crippen molar-refractivity contribution in [3.8, 4) is 11.8 Å². The van der Waals surface area contributed by atoms with Crippen molar-refractivity contribution >= 4 is 33.6 Å². The molecule has 0 saturated heterocycles. The Morgan fingerprint density at radius 2 is 1.88 bits per heavy atom. The molecule has 4 nitrogen and oxygen atoms in total. The molecule has 0 aliphatic carbocycles. The molecule has 0 bridgehead atoms. The van der Waals surface area contributed by atoms with E-state index < -0.39 is 5.91 Å². The monoisotopic (exact) mass is 488 g/mol. The van der Waals surface area contributed by atoms with Gasteiger partial charge in [-0.2, -0.15) is 5.26 Å². The number of hydrogen-bond donors (Lipinski definition) is 1. The summed E-state index contributed by atoms with van der Waals surface area (Å²) in [6.07, 6.45) is 2.36. The third kappa shape index (κ3) is 5.87. The van der Waals surface area contributed by atoms with Gasteiger partial charge in [-0.1, -0.05) is 49.4 Å². The maximum absolute atomic E-state index is 12.6. The van der Waals surface area contributed by atoms with Crippen molar-refractivity contribution in [1.29, 1.82) is 5.26 Å². The summed E-state index contributed by atoms with van der Waals surface area (Å²) in [6.45, 7) is 6.64. The largest absolute Gasteiger partial charge is 0.488 e. The van der Waals surface area contributed by atoms with Gasteiger partial charge in [0.25, 0.3) is 5.91 Å². The smallest absolute Gasteiger partial charge is 0.266 e. The number of benzene rings is 3. The van der Waals surface area contributed by atoms with Gasteiger partial charge in [0.1, 0.15) is 24.0 Å². The second kappa shape index (κ2) is 10.8. The summed E-state index contributed by atoms with van der Waals surface area (Å²) in [4.78, 5) is 12.6. The van der Waals surface area contributed by atoms with Crippen LogP contribution in [0.15, 0.2) is 70.7 Å². The van der Waals surface area contributed by atoms with E-state index in [2.05, 4.69) is 53.3 Å². The van der Waals surface area contributed by atoms with Crippen LogP contribution in [0.3, 0.4) is 0 Å². The first kappa shape index (κ1) is 23.3. The summed E-state index contributed by atoms with van der Waals surface area (Å²) in [5.41, 5.74) is 6.08. The minimum absolute atomic E-state index is 0.0339. The molecule has 0 heterocycles. The number of nitrogens with one attached hydrogen (secondary N) is 1. The molecule has 3 aromatic carbocycles. The highest BCUT2D eigenvalue weighted by Crippen LogP contribution is 2.28. The van der Waals surface area contributed by atoms with Gasteiger partial charge in [0.05, 0.1) is 4.47 Å². The molecule has 0 atom stereocenters. The molecule has 0 aliphatic rings. The number of carbonyl (C=O) groups is 1. The number of anilines is 1. The summed E-state index contributed by atoms with van der Waals surface area (Å²) in [7, 11) is 0. The first-order chi connectivity index (χ1) is 15.4. The van der Waals surface area contributed by atoms with Crippen molar-refractivity contribution in [2.24, 2.45) is 0 Å². The Balaban J connectivity index is 1.72. The van der Waals surface area contributed by atoms with Crippen LogP contribution >= 0.6 is 15.9 Å². The number of nitrogens with zero attached hydrogens (tertiary/aromatic N) is 1. The lowest BCUT2D eigenvalue weighted by molar-refractivity contribution is -0.112. The molecular weight excluding hydrogens is 464 g/mol. The van der Waals surface area contributed by atoms with E-state index in [0.29, 0.717) is 12.4 Å². The highest BCUT2D eigenvalue weighted by Gasteiger charge is 2.12. The second-order valence-corrected chi connectivity index (χ2v) is 8.39. The highest BCUT2D eigenvalue weighted by molar-refractivity contribution is 9.10. The van der Waals surface area contributed by atoms with Gasteiger partial charge in [-0.3, -0.25) is 4.79 Å². The van der Waals surface area contributed by atoms with Gasteiger partial charge in [-0.05, 0) is 88.3 Å². The van der Waals surface area contributed by atoms with E-state index in [1.54, 1.807) is 6.08 Å². The van der Waals surface area contributed by atoms with Gasteiger partial charge in [0.15, 0.2) is 0 Å². The SMILES string of the molecule is CCc1ccccc1NC(=O)/C(C#N)=C/c1ccc(OCc2ccc(C)c(C)c2)c(Br)c1. The Bertz CT molecular complexity index is 1210. The minimum Gasteiger partial charge on any atom is -0.488 e. The molecule has 0 radical (unpaired) electrons. The second-order valence-electron chi connectivity index (χ2n) is 7.53. The predicted octanol–water partition coefficient (Wildman–Crippen LogP) is 6.75. The van der Waals surface area contributed by atoms with Crippen LogP contribution in [0.2, 0.25) is 0 Å². The van der Waals surface area contributed by atoms with Crippen molar-refractivity contribution in [3.63, 3.8) is 0 Å². The zero-order chi connectivity index (χ0) is 23.1. The van der Waals surface area contributed by atoms with Crippen LogP contribution in [0, 0.1) is 25.2 Å². The van der Waals surface area contributed by atoms with Crippen molar-refractivity contribution in [2.75, 3.05) is 5.32 Å². The molecule has 3 aromatic rings. The number of halogens is 1. The fraction of sp³-hybridized carbons (Fsp3) is 0.185. The molecule has 1 N–H and O–H groups in total. The molecule has 1 amide bonds. The van der Waals surface area contributed by atoms with Crippen molar-refractivity contribution < 1.29 is 9.53 Å². The van der Waals surface area contributed by atoms with Crippen LogP contribution in [0.1, 0.15) is 34.7 Å². The molecule has 0 aliphatic heterocycles. The van der Waals surface area contributed by atoms with E-state index in [4.69, 9.17) is 4.74 Å². The normalized spacial score (nSPS) is 11.0. The Hall–Kier alpha value is -3.36. The number of nitriles is 1. The molecular formula is C27H25BrN2O2. The minimum atomic E-state index is -0.431. The number of carbonyl (C=O) groups excluding carboxylic acids is 1. The van der Waals surface area contributed by atoms with Gasteiger partial charge in [0.2, 0.25) is 0 Å². The maximum Gasteiger partial charge on any atom is 0.266 e. The van der Waals surface area contributed by atoms with E-state index in [9.17, 15) is 10.1 Å². The molecule has 3 rings (SSSR count). The lowest BCUT2D eigenvalue weighted by Crippen LogP contribution is -2.14. The number of para-hydroxylation sites is 1. The van der Waals surface area contributed by atoms with Gasteiger partial charge in [-0.25, -0.2) is 0 Å². The van der Waals surface area contributed by atoms with E-state index in [1.807, 2.05) is 55.5 Å². The van der Waals surface area contributed by atoms with Crippen LogP contribution < -0.4 is 10.1 Å². The molecule has 5 heteroatoms. The van der Waals surface area contributed by atoms with Crippen LogP contribution in [0.25, 0.3) is 6.08 Å². The topological polar surface area (TPSA) is 62.1 Å². The Kier molecular flexibility index (Phi) is 7.86. The summed E-state index contributed by atoms with van der Waals surface area (Å²) < 4.78 is 6.70. The third-order valence-electron chi connectivity index (χ3n) is 5.24. The molecule has 0 spiro atoms. The highest BCUT2D eigenvalue weighted by atomic mass is 79.9. The van der Waals surface area contributed by atoms with Gasteiger partial charge < -0.3 is 10.1 Å². The summed E-state index contributed by atoms with van der Waals surface area (Å²) in [6, 6.07) is 21.3. The fourth-order valence-electron chi connectivity index (χ4n) is 3.23. The fourth-order valence-corrected chi connectivity index (χ4v) is 3.74. The van der Waals surface area contributed by atoms with Crippen molar-refractivity contribution in [1.82, 2.24) is 0 Å². The Morgan fingerprint density at radius 1 is 1.09 bits per heavy atom. The van der Waals surface area contributed by atoms with Gasteiger partial charge in [0, 0.05) is 5.69 Å². The summed E-state index contributed by atoms with van der Waals surface area (Å²) in [5, 5.41) is 12.4. The maximum atomic E-state index is 12.6. The van der Waals surface area contributed by atoms with Crippen LogP contribution in [0.5, 0.6) is 5.75 Å². The predicted molar refractivity (Wildman–Crippen MR) is 132 cm³/mol. The molecule has 0 unspecified atom stereocenters. The van der Waals surface area contributed by atoms with E-state index in [-0.39, 0.29) is 5.57 Å². The summed E-state index contributed by atoms with van der Waals surface area (Å²) >= 11 is 3.53. The van der Waals surface area contributed by atoms with Crippen molar-refractivity contribution in [2.45, 2.75) is 33.8 Å².